The Bertz CT molecular complexity index is 663. The minimum atomic E-state index is -0.241. The lowest BCUT2D eigenvalue weighted by Crippen LogP contribution is -2.53. The fraction of sp³-hybridized carbons (Fsp3) is 0.889. The molecule has 3 fully saturated rings. The first-order chi connectivity index (χ1) is 13.7. The van der Waals surface area contributed by atoms with Crippen LogP contribution in [0, 0.1) is 46.3 Å². The van der Waals surface area contributed by atoms with Crippen molar-refractivity contribution in [3.8, 4) is 0 Å². The zero-order valence-electron chi connectivity index (χ0n) is 19.5. The van der Waals surface area contributed by atoms with Gasteiger partial charge in [0.05, 0.1) is 6.10 Å². The largest absolute Gasteiger partial charge is 0.393 e. The molecule has 164 valence electrons. The van der Waals surface area contributed by atoms with Crippen molar-refractivity contribution in [3.05, 3.63) is 11.6 Å². The monoisotopic (exact) mass is 400 g/mol. The Hall–Kier alpha value is -0.630. The summed E-state index contributed by atoms with van der Waals surface area (Å²) in [6.07, 6.45) is 13.6. The van der Waals surface area contributed by atoms with Crippen molar-refractivity contribution < 1.29 is 9.90 Å². The van der Waals surface area contributed by atoms with Gasteiger partial charge in [-0.3, -0.25) is 4.79 Å². The van der Waals surface area contributed by atoms with Crippen LogP contribution >= 0.6 is 0 Å². The van der Waals surface area contributed by atoms with Gasteiger partial charge in [-0.1, -0.05) is 59.5 Å². The first-order valence-corrected chi connectivity index (χ1v) is 12.6. The molecule has 0 aromatic heterocycles. The second-order valence-electron chi connectivity index (χ2n) is 12.2. The third kappa shape index (κ3) is 3.56. The van der Waals surface area contributed by atoms with Crippen LogP contribution in [0.15, 0.2) is 11.6 Å². The van der Waals surface area contributed by atoms with Gasteiger partial charge < -0.3 is 5.11 Å². The van der Waals surface area contributed by atoms with Crippen molar-refractivity contribution in [3.63, 3.8) is 0 Å². The van der Waals surface area contributed by atoms with Gasteiger partial charge in [0.1, 0.15) is 0 Å². The molecule has 0 aromatic carbocycles. The molecule has 0 unspecified atom stereocenters. The van der Waals surface area contributed by atoms with Gasteiger partial charge in [-0.15, -0.1) is 0 Å². The smallest absolute Gasteiger partial charge is 0.159 e. The molecule has 2 nitrogen and oxygen atoms in total. The quantitative estimate of drug-likeness (QED) is 0.567. The van der Waals surface area contributed by atoms with Crippen LogP contribution < -0.4 is 0 Å². The molecule has 4 aliphatic carbocycles. The van der Waals surface area contributed by atoms with Crippen molar-refractivity contribution in [1.82, 2.24) is 0 Å². The minimum Gasteiger partial charge on any atom is -0.393 e. The average Bonchev–Trinajstić information content (AvgIpc) is 3.00. The fourth-order valence-corrected chi connectivity index (χ4v) is 8.41. The summed E-state index contributed by atoms with van der Waals surface area (Å²) in [4.78, 5) is 13.4. The summed E-state index contributed by atoms with van der Waals surface area (Å²) in [7, 11) is 0. The van der Waals surface area contributed by atoms with E-state index in [0.717, 1.165) is 37.0 Å². The van der Waals surface area contributed by atoms with Crippen LogP contribution in [0.2, 0.25) is 0 Å². The molecule has 0 heterocycles. The van der Waals surface area contributed by atoms with E-state index in [9.17, 15) is 9.90 Å². The van der Waals surface area contributed by atoms with E-state index < -0.39 is 0 Å². The lowest BCUT2D eigenvalue weighted by atomic mass is 9.46. The Morgan fingerprint density at radius 1 is 1.03 bits per heavy atom. The third-order valence-electron chi connectivity index (χ3n) is 10.1. The summed E-state index contributed by atoms with van der Waals surface area (Å²) in [5.74, 6) is 4.11. The zero-order valence-corrected chi connectivity index (χ0v) is 19.5. The Morgan fingerprint density at radius 2 is 1.79 bits per heavy atom. The van der Waals surface area contributed by atoms with Gasteiger partial charge in [-0.2, -0.15) is 0 Å². The molecule has 2 heteroatoms. The molecule has 0 saturated heterocycles. The van der Waals surface area contributed by atoms with Crippen LogP contribution in [-0.2, 0) is 4.79 Å². The number of ketones is 1. The van der Waals surface area contributed by atoms with Crippen molar-refractivity contribution in [1.29, 1.82) is 0 Å². The normalized spacial score (nSPS) is 45.4. The van der Waals surface area contributed by atoms with Crippen LogP contribution in [-0.4, -0.2) is 17.0 Å². The predicted molar refractivity (Wildman–Crippen MR) is 119 cm³/mol. The summed E-state index contributed by atoms with van der Waals surface area (Å²) < 4.78 is 0. The van der Waals surface area contributed by atoms with Gasteiger partial charge in [0, 0.05) is 5.92 Å². The topological polar surface area (TPSA) is 37.3 Å². The van der Waals surface area contributed by atoms with Gasteiger partial charge >= 0.3 is 0 Å². The minimum absolute atomic E-state index is 0.153. The Morgan fingerprint density at radius 3 is 2.52 bits per heavy atom. The molecule has 0 amide bonds. The van der Waals surface area contributed by atoms with E-state index in [1.165, 1.54) is 50.5 Å². The SMILES string of the molecule is CC(C)CCC[C@H](C)[C@H]1CC[C@@H]2[C@H]3C(=O)C=C4C[C@@H](O)CC[C@]4(C)[C@@H]3CC[C@@]21C. The molecule has 8 atom stereocenters. The summed E-state index contributed by atoms with van der Waals surface area (Å²) in [5.41, 5.74) is 1.77. The summed E-state index contributed by atoms with van der Waals surface area (Å²) in [6, 6.07) is 0. The van der Waals surface area contributed by atoms with Crippen LogP contribution in [0.4, 0.5) is 0 Å². The second kappa shape index (κ2) is 7.81. The maximum absolute atomic E-state index is 13.4. The van der Waals surface area contributed by atoms with Crippen LogP contribution in [0.25, 0.3) is 0 Å². The van der Waals surface area contributed by atoms with Crippen molar-refractivity contribution in [2.24, 2.45) is 46.3 Å². The summed E-state index contributed by atoms with van der Waals surface area (Å²) >= 11 is 0. The van der Waals surface area contributed by atoms with Crippen LogP contribution in [0.5, 0.6) is 0 Å². The fourth-order valence-electron chi connectivity index (χ4n) is 8.41. The molecule has 0 aromatic rings. The number of rotatable bonds is 5. The number of allylic oxidation sites excluding steroid dienone is 1. The standard InChI is InChI=1S/C27H44O2/c1-17(2)7-6-8-18(3)21-9-10-22-25-23(12-14-27(21,22)5)26(4)13-11-20(28)15-19(26)16-24(25)29/h16-18,20-23,25,28H,6-15H2,1-5H3/t18-,20-,21+,22+,23+,25+,26-,27+/m0/s1. The molecular weight excluding hydrogens is 356 g/mol. The van der Waals surface area contributed by atoms with Gasteiger partial charge in [-0.25, -0.2) is 0 Å². The van der Waals surface area contributed by atoms with E-state index in [2.05, 4.69) is 34.6 Å². The summed E-state index contributed by atoms with van der Waals surface area (Å²) in [6.45, 7) is 12.1. The highest BCUT2D eigenvalue weighted by Crippen LogP contribution is 2.66. The molecule has 0 radical (unpaired) electrons. The van der Waals surface area contributed by atoms with E-state index >= 15 is 0 Å². The highest BCUT2D eigenvalue weighted by molar-refractivity contribution is 5.94. The molecule has 4 rings (SSSR count). The maximum Gasteiger partial charge on any atom is 0.159 e. The van der Waals surface area contributed by atoms with E-state index in [1.54, 1.807) is 0 Å². The zero-order chi connectivity index (χ0) is 21.0. The highest BCUT2D eigenvalue weighted by Gasteiger charge is 2.61. The van der Waals surface area contributed by atoms with Crippen molar-refractivity contribution in [2.75, 3.05) is 0 Å². The number of carbonyl (C=O) groups excluding carboxylic acids is 1. The Labute approximate surface area is 178 Å². The number of fused-ring (bicyclic) bond motifs is 5. The number of carbonyl (C=O) groups is 1. The first-order valence-electron chi connectivity index (χ1n) is 12.6. The number of hydrogen-bond donors (Lipinski definition) is 1. The van der Waals surface area contributed by atoms with Gasteiger partial charge in [0.2, 0.25) is 0 Å². The molecule has 29 heavy (non-hydrogen) atoms. The van der Waals surface area contributed by atoms with Gasteiger partial charge in [-0.05, 0) is 91.4 Å². The first kappa shape index (κ1) is 21.6. The van der Waals surface area contributed by atoms with E-state index in [-0.39, 0.29) is 17.4 Å². The lowest BCUT2D eigenvalue weighted by molar-refractivity contribution is -0.135. The number of aliphatic hydroxyl groups is 1. The van der Waals surface area contributed by atoms with Crippen molar-refractivity contribution >= 4 is 5.78 Å². The number of hydrogen-bond acceptors (Lipinski definition) is 2. The second-order valence-corrected chi connectivity index (χ2v) is 12.2. The predicted octanol–water partition coefficient (Wildman–Crippen LogP) is 6.57. The molecule has 1 N–H and O–H groups in total. The maximum atomic E-state index is 13.4. The third-order valence-corrected chi connectivity index (χ3v) is 10.1. The van der Waals surface area contributed by atoms with Gasteiger partial charge in [0.15, 0.2) is 5.78 Å². The highest BCUT2D eigenvalue weighted by atomic mass is 16.3. The van der Waals surface area contributed by atoms with Crippen LogP contribution in [0.1, 0.15) is 98.8 Å². The average molecular weight is 401 g/mol. The molecule has 0 spiro atoms. The Balaban J connectivity index is 1.54. The van der Waals surface area contributed by atoms with Crippen LogP contribution in [0.3, 0.4) is 0 Å². The summed E-state index contributed by atoms with van der Waals surface area (Å²) in [5, 5.41) is 10.2. The van der Waals surface area contributed by atoms with Crippen molar-refractivity contribution in [2.45, 2.75) is 105 Å². The van der Waals surface area contributed by atoms with E-state index in [1.807, 2.05) is 6.08 Å². The van der Waals surface area contributed by atoms with E-state index in [0.29, 0.717) is 23.0 Å². The van der Waals surface area contributed by atoms with Gasteiger partial charge in [0.25, 0.3) is 0 Å². The molecule has 4 aliphatic rings. The molecule has 3 saturated carbocycles. The molecule has 0 bridgehead atoms. The number of aliphatic hydroxyl groups excluding tert-OH is 1. The Kier molecular flexibility index (Phi) is 5.82. The van der Waals surface area contributed by atoms with E-state index in [4.69, 9.17) is 0 Å². The molecular formula is C27H44O2. The lowest BCUT2D eigenvalue weighted by Gasteiger charge is -2.57. The molecule has 0 aliphatic heterocycles.